The molecule has 3 aromatic carbocycles. The first kappa shape index (κ1) is 27.5. The highest BCUT2D eigenvalue weighted by atomic mass is 16.5. The molecule has 1 saturated heterocycles. The fourth-order valence-corrected chi connectivity index (χ4v) is 4.52. The smallest absolute Gasteiger partial charge is 0.335 e. The summed E-state index contributed by atoms with van der Waals surface area (Å²) in [6.07, 6.45) is 1.00. The van der Waals surface area contributed by atoms with E-state index in [4.69, 9.17) is 9.84 Å². The Kier molecular flexibility index (Phi) is 9.01. The number of benzene rings is 3. The Hall–Kier alpha value is -4.57. The molecule has 0 aliphatic carbocycles. The molecule has 1 unspecified atom stereocenters. The Bertz CT molecular complexity index is 1300. The van der Waals surface area contributed by atoms with Crippen molar-refractivity contribution in [3.05, 3.63) is 89.5 Å². The summed E-state index contributed by atoms with van der Waals surface area (Å²) < 4.78 is 5.31. The van der Waals surface area contributed by atoms with Crippen LogP contribution < -0.4 is 20.7 Å². The lowest BCUT2D eigenvalue weighted by Gasteiger charge is -2.22. The minimum atomic E-state index is -1.06. The van der Waals surface area contributed by atoms with Crippen molar-refractivity contribution in [3.63, 3.8) is 0 Å². The SMILES string of the molecule is COc1cccc(CN2CCC(NC(=O)[C@H](Cc3ccc(O)cc3)NC(=O)Nc3ccc(C(=O)O)cc3)C2)c1. The third-order valence-corrected chi connectivity index (χ3v) is 6.55. The number of nitrogens with zero attached hydrogens (tertiary/aromatic N) is 1. The van der Waals surface area contributed by atoms with E-state index < -0.39 is 18.0 Å². The lowest BCUT2D eigenvalue weighted by Crippen LogP contribution is -2.52. The molecule has 3 aromatic rings. The molecule has 1 aliphatic heterocycles. The predicted octanol–water partition coefficient (Wildman–Crippen LogP) is 3.22. The number of phenolic OH excluding ortho intramolecular Hbond substituents is 1. The quantitative estimate of drug-likeness (QED) is 0.270. The van der Waals surface area contributed by atoms with Crippen LogP contribution in [-0.2, 0) is 17.8 Å². The summed E-state index contributed by atoms with van der Waals surface area (Å²) in [7, 11) is 1.64. The number of aromatic hydroxyl groups is 1. The molecule has 1 aliphatic rings. The third kappa shape index (κ3) is 7.96. The fourth-order valence-electron chi connectivity index (χ4n) is 4.52. The topological polar surface area (TPSA) is 140 Å². The van der Waals surface area contributed by atoms with Crippen molar-refractivity contribution < 1.29 is 29.3 Å². The second-order valence-electron chi connectivity index (χ2n) is 9.48. The zero-order valence-electron chi connectivity index (χ0n) is 21.6. The maximum atomic E-state index is 13.3. The van der Waals surface area contributed by atoms with Crippen LogP contribution in [0.1, 0.15) is 27.9 Å². The fraction of sp³-hybridized carbons (Fsp3) is 0.276. The van der Waals surface area contributed by atoms with Crippen LogP contribution in [0.5, 0.6) is 11.5 Å². The number of ether oxygens (including phenoxy) is 1. The number of methoxy groups -OCH3 is 1. The summed E-state index contributed by atoms with van der Waals surface area (Å²) in [6.45, 7) is 2.24. The van der Waals surface area contributed by atoms with Crippen molar-refractivity contribution in [1.29, 1.82) is 0 Å². The minimum absolute atomic E-state index is 0.0705. The highest BCUT2D eigenvalue weighted by Gasteiger charge is 2.28. The molecule has 39 heavy (non-hydrogen) atoms. The number of hydrogen-bond donors (Lipinski definition) is 5. The minimum Gasteiger partial charge on any atom is -0.508 e. The average molecular weight is 533 g/mol. The standard InChI is InChI=1S/C29H32N4O6/c1-39-25-4-2-3-20(15-25)17-33-14-13-23(18-33)30-27(35)26(16-19-5-11-24(34)12-6-19)32-29(38)31-22-9-7-21(8-10-22)28(36)37/h2-12,15,23,26,34H,13-14,16-18H2,1H3,(H,30,35)(H,36,37)(H2,31,32,38)/t23?,26-/m0/s1. The van der Waals surface area contributed by atoms with Gasteiger partial charge < -0.3 is 30.9 Å². The Morgan fingerprint density at radius 2 is 1.77 bits per heavy atom. The van der Waals surface area contributed by atoms with Gasteiger partial charge in [0, 0.05) is 37.8 Å². The van der Waals surface area contributed by atoms with Gasteiger partial charge in [-0.15, -0.1) is 0 Å². The summed E-state index contributed by atoms with van der Waals surface area (Å²) >= 11 is 0. The Balaban J connectivity index is 1.38. The van der Waals surface area contributed by atoms with E-state index in [0.717, 1.165) is 36.4 Å². The van der Waals surface area contributed by atoms with Gasteiger partial charge in [0.25, 0.3) is 0 Å². The molecule has 0 radical (unpaired) electrons. The van der Waals surface area contributed by atoms with Crippen LogP contribution in [0.15, 0.2) is 72.8 Å². The summed E-state index contributed by atoms with van der Waals surface area (Å²) in [5.41, 5.74) is 2.39. The lowest BCUT2D eigenvalue weighted by molar-refractivity contribution is -0.123. The number of nitrogens with one attached hydrogen (secondary N) is 3. The van der Waals surface area contributed by atoms with Crippen LogP contribution in [0, 0.1) is 0 Å². The molecular formula is C29H32N4O6. The van der Waals surface area contributed by atoms with Gasteiger partial charge in [0.15, 0.2) is 0 Å². The molecule has 0 aromatic heterocycles. The Labute approximate surface area is 226 Å². The molecule has 0 spiro atoms. The van der Waals surface area contributed by atoms with E-state index in [1.807, 2.05) is 24.3 Å². The highest BCUT2D eigenvalue weighted by Crippen LogP contribution is 2.18. The van der Waals surface area contributed by atoms with Crippen LogP contribution in [0.4, 0.5) is 10.5 Å². The Morgan fingerprint density at radius 3 is 2.46 bits per heavy atom. The highest BCUT2D eigenvalue weighted by molar-refractivity contribution is 5.94. The molecule has 5 N–H and O–H groups in total. The molecule has 2 atom stereocenters. The number of anilines is 1. The number of carboxylic acid groups (broad SMARTS) is 1. The lowest BCUT2D eigenvalue weighted by atomic mass is 10.0. The average Bonchev–Trinajstić information content (AvgIpc) is 3.36. The third-order valence-electron chi connectivity index (χ3n) is 6.55. The molecule has 1 fully saturated rings. The van der Waals surface area contributed by atoms with Gasteiger partial charge in [0.05, 0.1) is 12.7 Å². The van der Waals surface area contributed by atoms with Crippen molar-refractivity contribution >= 4 is 23.6 Å². The number of hydrogen-bond acceptors (Lipinski definition) is 6. The monoisotopic (exact) mass is 532 g/mol. The normalized spacial score (nSPS) is 15.8. The first-order valence-corrected chi connectivity index (χ1v) is 12.6. The zero-order chi connectivity index (χ0) is 27.8. The van der Waals surface area contributed by atoms with E-state index in [2.05, 4.69) is 20.9 Å². The maximum absolute atomic E-state index is 13.3. The number of aromatic carboxylic acids is 1. The number of amides is 3. The number of likely N-dealkylation sites (tertiary alicyclic amines) is 1. The van der Waals surface area contributed by atoms with E-state index in [0.29, 0.717) is 12.2 Å². The molecule has 4 rings (SSSR count). The number of carbonyl (C=O) groups is 3. The van der Waals surface area contributed by atoms with Crippen molar-refractivity contribution in [1.82, 2.24) is 15.5 Å². The van der Waals surface area contributed by atoms with Crippen molar-refractivity contribution in [3.8, 4) is 11.5 Å². The molecule has 1 heterocycles. The van der Waals surface area contributed by atoms with Gasteiger partial charge in [-0.25, -0.2) is 9.59 Å². The van der Waals surface area contributed by atoms with E-state index in [9.17, 15) is 19.5 Å². The van der Waals surface area contributed by atoms with E-state index in [1.165, 1.54) is 36.4 Å². The molecule has 10 heteroatoms. The van der Waals surface area contributed by atoms with E-state index in [-0.39, 0.29) is 29.7 Å². The molecule has 0 bridgehead atoms. The number of rotatable bonds is 10. The summed E-state index contributed by atoms with van der Waals surface area (Å²) in [6, 6.07) is 18.5. The summed E-state index contributed by atoms with van der Waals surface area (Å²) in [4.78, 5) is 39.4. The number of carbonyl (C=O) groups excluding carboxylic acids is 2. The predicted molar refractivity (Wildman–Crippen MR) is 146 cm³/mol. The van der Waals surface area contributed by atoms with E-state index in [1.54, 1.807) is 19.2 Å². The molecule has 3 amide bonds. The van der Waals surface area contributed by atoms with Gasteiger partial charge in [-0.3, -0.25) is 9.69 Å². The zero-order valence-corrected chi connectivity index (χ0v) is 21.6. The second-order valence-corrected chi connectivity index (χ2v) is 9.48. The number of phenols is 1. The number of carboxylic acids is 1. The largest absolute Gasteiger partial charge is 0.508 e. The van der Waals surface area contributed by atoms with Crippen LogP contribution >= 0.6 is 0 Å². The van der Waals surface area contributed by atoms with Crippen LogP contribution in [0.3, 0.4) is 0 Å². The van der Waals surface area contributed by atoms with Gasteiger partial charge in [-0.05, 0) is 66.1 Å². The van der Waals surface area contributed by atoms with Crippen LogP contribution in [-0.4, -0.2) is 65.3 Å². The van der Waals surface area contributed by atoms with Crippen molar-refractivity contribution in [2.45, 2.75) is 31.5 Å². The molecule has 10 nitrogen and oxygen atoms in total. The van der Waals surface area contributed by atoms with Gasteiger partial charge in [-0.2, -0.15) is 0 Å². The van der Waals surface area contributed by atoms with Gasteiger partial charge in [0.1, 0.15) is 17.5 Å². The van der Waals surface area contributed by atoms with Crippen LogP contribution in [0.25, 0.3) is 0 Å². The molecular weight excluding hydrogens is 500 g/mol. The van der Waals surface area contributed by atoms with Crippen molar-refractivity contribution in [2.75, 3.05) is 25.5 Å². The Morgan fingerprint density at radius 1 is 1.03 bits per heavy atom. The first-order valence-electron chi connectivity index (χ1n) is 12.6. The number of urea groups is 1. The van der Waals surface area contributed by atoms with Crippen LogP contribution in [0.2, 0.25) is 0 Å². The van der Waals surface area contributed by atoms with E-state index >= 15 is 0 Å². The van der Waals surface area contributed by atoms with Gasteiger partial charge in [0.2, 0.25) is 5.91 Å². The first-order chi connectivity index (χ1) is 18.8. The second kappa shape index (κ2) is 12.8. The molecule has 204 valence electrons. The summed E-state index contributed by atoms with van der Waals surface area (Å²) in [5, 5.41) is 27.1. The van der Waals surface area contributed by atoms with Gasteiger partial charge >= 0.3 is 12.0 Å². The van der Waals surface area contributed by atoms with Gasteiger partial charge in [-0.1, -0.05) is 24.3 Å². The van der Waals surface area contributed by atoms with Crippen molar-refractivity contribution in [2.24, 2.45) is 0 Å². The molecule has 0 saturated carbocycles. The summed E-state index contributed by atoms with van der Waals surface area (Å²) in [5.74, 6) is -0.466. The maximum Gasteiger partial charge on any atom is 0.335 e.